The van der Waals surface area contributed by atoms with Gasteiger partial charge in [0.25, 0.3) is 5.91 Å². The van der Waals surface area contributed by atoms with E-state index in [1.807, 2.05) is 6.92 Å². The summed E-state index contributed by atoms with van der Waals surface area (Å²) in [6, 6.07) is 2.94. The number of morpholine rings is 1. The van der Waals surface area contributed by atoms with E-state index in [0.29, 0.717) is 36.9 Å². The van der Waals surface area contributed by atoms with E-state index >= 15 is 0 Å². The predicted molar refractivity (Wildman–Crippen MR) is 77.4 cm³/mol. The molecule has 116 valence electrons. The summed E-state index contributed by atoms with van der Waals surface area (Å²) in [5.74, 6) is 1.13. The van der Waals surface area contributed by atoms with Crippen molar-refractivity contribution in [2.24, 2.45) is 7.05 Å². The number of carbonyl (C=O) groups is 1. The van der Waals surface area contributed by atoms with Crippen molar-refractivity contribution in [1.29, 1.82) is 0 Å². The van der Waals surface area contributed by atoms with Gasteiger partial charge in [0.05, 0.1) is 18.7 Å². The Balaban J connectivity index is 1.77. The van der Waals surface area contributed by atoms with Crippen molar-refractivity contribution < 1.29 is 9.53 Å². The monoisotopic (exact) mass is 303 g/mol. The highest BCUT2D eigenvalue weighted by atomic mass is 16.5. The van der Waals surface area contributed by atoms with Crippen LogP contribution in [0.2, 0.25) is 0 Å². The molecule has 2 aromatic rings. The van der Waals surface area contributed by atoms with Gasteiger partial charge in [-0.2, -0.15) is 5.10 Å². The summed E-state index contributed by atoms with van der Waals surface area (Å²) in [5.41, 5.74) is 0.335. The summed E-state index contributed by atoms with van der Waals surface area (Å²) in [6.45, 7) is 3.13. The Kier molecular flexibility index (Phi) is 3.76. The highest BCUT2D eigenvalue weighted by Crippen LogP contribution is 2.20. The van der Waals surface area contributed by atoms with Crippen molar-refractivity contribution in [3.05, 3.63) is 45.9 Å². The van der Waals surface area contributed by atoms with Crippen molar-refractivity contribution in [2.45, 2.75) is 13.0 Å². The van der Waals surface area contributed by atoms with Crippen molar-refractivity contribution in [2.75, 3.05) is 19.7 Å². The molecule has 1 amide bonds. The van der Waals surface area contributed by atoms with Gasteiger partial charge in [-0.25, -0.2) is 4.98 Å². The number of aromatic nitrogens is 4. The second kappa shape index (κ2) is 5.72. The van der Waals surface area contributed by atoms with E-state index < -0.39 is 0 Å². The molecule has 1 saturated heterocycles. The van der Waals surface area contributed by atoms with E-state index in [2.05, 4.69) is 15.2 Å². The van der Waals surface area contributed by atoms with Gasteiger partial charge in [-0.15, -0.1) is 0 Å². The molecule has 3 heterocycles. The largest absolute Gasteiger partial charge is 0.366 e. The number of amides is 1. The number of aromatic amines is 1. The number of hydrogen-bond acceptors (Lipinski definition) is 5. The van der Waals surface area contributed by atoms with Gasteiger partial charge in [-0.3, -0.25) is 14.7 Å². The van der Waals surface area contributed by atoms with Crippen molar-refractivity contribution in [3.8, 4) is 0 Å². The molecular formula is C14H17N5O3. The van der Waals surface area contributed by atoms with Crippen LogP contribution in [0.4, 0.5) is 0 Å². The summed E-state index contributed by atoms with van der Waals surface area (Å²) in [4.78, 5) is 29.9. The molecule has 1 atom stereocenters. The van der Waals surface area contributed by atoms with E-state index in [0.717, 1.165) is 0 Å². The number of nitrogens with zero attached hydrogens (tertiary/aromatic N) is 4. The summed E-state index contributed by atoms with van der Waals surface area (Å²) in [7, 11) is 1.62. The first-order chi connectivity index (χ1) is 10.5. The van der Waals surface area contributed by atoms with Crippen LogP contribution < -0.4 is 5.56 Å². The fourth-order valence-corrected chi connectivity index (χ4v) is 2.40. The molecule has 1 N–H and O–H groups in total. The first-order valence-corrected chi connectivity index (χ1v) is 7.01. The third-order valence-electron chi connectivity index (χ3n) is 3.59. The maximum atomic E-state index is 12.6. The van der Waals surface area contributed by atoms with Gasteiger partial charge in [0, 0.05) is 25.9 Å². The third kappa shape index (κ3) is 2.77. The summed E-state index contributed by atoms with van der Waals surface area (Å²) >= 11 is 0. The molecular weight excluding hydrogens is 286 g/mol. The minimum Gasteiger partial charge on any atom is -0.366 e. The predicted octanol–water partition coefficient (Wildman–Crippen LogP) is 0.0255. The third-order valence-corrected chi connectivity index (χ3v) is 3.59. The Labute approximate surface area is 126 Å². The standard InChI is InChI=1S/C14H17N5O3/c1-9-15-13(17-16-9)11-8-19(5-6-22-11)14(21)10-3-4-12(20)18(2)7-10/h3-4,7,11H,5-6,8H2,1-2H3,(H,15,16,17)/t11-/m0/s1. The topological polar surface area (TPSA) is 93.1 Å². The van der Waals surface area contributed by atoms with Crippen LogP contribution in [0.5, 0.6) is 0 Å². The average Bonchev–Trinajstić information content (AvgIpc) is 2.96. The Morgan fingerprint density at radius 1 is 1.45 bits per heavy atom. The van der Waals surface area contributed by atoms with E-state index in [1.165, 1.54) is 10.6 Å². The van der Waals surface area contributed by atoms with Crippen molar-refractivity contribution in [3.63, 3.8) is 0 Å². The SMILES string of the molecule is Cc1nc([C@@H]2CN(C(=O)c3ccc(=O)n(C)c3)CCO2)n[nH]1. The van der Waals surface area contributed by atoms with Crippen LogP contribution in [-0.2, 0) is 11.8 Å². The molecule has 0 radical (unpaired) electrons. The van der Waals surface area contributed by atoms with E-state index in [1.54, 1.807) is 24.2 Å². The first kappa shape index (κ1) is 14.5. The Morgan fingerprint density at radius 2 is 2.27 bits per heavy atom. The summed E-state index contributed by atoms with van der Waals surface area (Å²) in [5, 5.41) is 6.86. The van der Waals surface area contributed by atoms with Crippen LogP contribution in [0.15, 0.2) is 23.1 Å². The molecule has 1 fully saturated rings. The van der Waals surface area contributed by atoms with Crippen molar-refractivity contribution in [1.82, 2.24) is 24.6 Å². The minimum absolute atomic E-state index is 0.129. The van der Waals surface area contributed by atoms with E-state index in [-0.39, 0.29) is 17.6 Å². The Bertz CT molecular complexity index is 751. The lowest BCUT2D eigenvalue weighted by Gasteiger charge is -2.31. The van der Waals surface area contributed by atoms with Gasteiger partial charge >= 0.3 is 0 Å². The van der Waals surface area contributed by atoms with Gasteiger partial charge in [-0.05, 0) is 13.0 Å². The zero-order valence-corrected chi connectivity index (χ0v) is 12.4. The lowest BCUT2D eigenvalue weighted by molar-refractivity contribution is -0.0267. The highest BCUT2D eigenvalue weighted by Gasteiger charge is 2.28. The maximum absolute atomic E-state index is 12.6. The first-order valence-electron chi connectivity index (χ1n) is 7.01. The minimum atomic E-state index is -0.338. The zero-order valence-electron chi connectivity index (χ0n) is 12.4. The van der Waals surface area contributed by atoms with Crippen molar-refractivity contribution >= 4 is 5.91 Å². The molecule has 1 aliphatic heterocycles. The highest BCUT2D eigenvalue weighted by molar-refractivity contribution is 5.94. The van der Waals surface area contributed by atoms with Crippen LogP contribution >= 0.6 is 0 Å². The fraction of sp³-hybridized carbons (Fsp3) is 0.429. The molecule has 0 spiro atoms. The lowest BCUT2D eigenvalue weighted by Crippen LogP contribution is -2.42. The van der Waals surface area contributed by atoms with Gasteiger partial charge in [0.2, 0.25) is 5.56 Å². The Hall–Kier alpha value is -2.48. The number of ether oxygens (including phenoxy) is 1. The average molecular weight is 303 g/mol. The molecule has 0 unspecified atom stereocenters. The van der Waals surface area contributed by atoms with Gasteiger partial charge in [0.1, 0.15) is 11.9 Å². The number of H-pyrrole nitrogens is 1. The number of aryl methyl sites for hydroxylation is 2. The second-order valence-corrected chi connectivity index (χ2v) is 5.26. The molecule has 1 aliphatic rings. The lowest BCUT2D eigenvalue weighted by atomic mass is 10.2. The molecule has 8 heteroatoms. The van der Waals surface area contributed by atoms with E-state index in [4.69, 9.17) is 4.74 Å². The van der Waals surface area contributed by atoms with Crippen LogP contribution in [0.1, 0.15) is 28.1 Å². The Morgan fingerprint density at radius 3 is 2.95 bits per heavy atom. The van der Waals surface area contributed by atoms with Crippen LogP contribution in [0, 0.1) is 6.92 Å². The van der Waals surface area contributed by atoms with E-state index in [9.17, 15) is 9.59 Å². The molecule has 2 aromatic heterocycles. The van der Waals surface area contributed by atoms with Crippen LogP contribution in [0.3, 0.4) is 0 Å². The molecule has 0 bridgehead atoms. The quantitative estimate of drug-likeness (QED) is 0.844. The summed E-state index contributed by atoms with van der Waals surface area (Å²) in [6.07, 6.45) is 1.21. The molecule has 0 aliphatic carbocycles. The van der Waals surface area contributed by atoms with Crippen LogP contribution in [-0.4, -0.2) is 50.3 Å². The van der Waals surface area contributed by atoms with Gasteiger partial charge < -0.3 is 14.2 Å². The number of rotatable bonds is 2. The fourth-order valence-electron chi connectivity index (χ4n) is 2.40. The maximum Gasteiger partial charge on any atom is 0.255 e. The number of pyridine rings is 1. The van der Waals surface area contributed by atoms with Crippen LogP contribution in [0.25, 0.3) is 0 Å². The molecule has 3 rings (SSSR count). The molecule has 8 nitrogen and oxygen atoms in total. The molecule has 0 aromatic carbocycles. The molecule has 22 heavy (non-hydrogen) atoms. The number of nitrogens with one attached hydrogen (secondary N) is 1. The number of carbonyl (C=O) groups excluding carboxylic acids is 1. The summed E-state index contributed by atoms with van der Waals surface area (Å²) < 4.78 is 7.04. The number of hydrogen-bond donors (Lipinski definition) is 1. The second-order valence-electron chi connectivity index (χ2n) is 5.26. The molecule has 0 saturated carbocycles. The zero-order chi connectivity index (χ0) is 15.7. The van der Waals surface area contributed by atoms with Gasteiger partial charge in [0.15, 0.2) is 5.82 Å². The smallest absolute Gasteiger partial charge is 0.255 e. The van der Waals surface area contributed by atoms with Gasteiger partial charge in [-0.1, -0.05) is 0 Å². The normalized spacial score (nSPS) is 18.5.